The van der Waals surface area contributed by atoms with Crippen molar-refractivity contribution in [3.05, 3.63) is 71.8 Å². The van der Waals surface area contributed by atoms with Crippen LogP contribution < -0.4 is 0 Å². The van der Waals surface area contributed by atoms with E-state index in [1.807, 2.05) is 74.5 Å². The molecule has 0 aliphatic carbocycles. The molecule has 2 heterocycles. The maximum Gasteiger partial charge on any atom is 0.410 e. The molecular formula is C28H37NO7. The van der Waals surface area contributed by atoms with Gasteiger partial charge in [-0.2, -0.15) is 0 Å². The standard InChI is InChI=1S/C28H37NO7/c1-28(2)35-24-23(34-26(32-3)25(24)36-28)17-22(15-10-16-30)29(18-20-11-6-4-7-12-20)27(31)33-19-21-13-8-5-9-14-21/h4-9,11-14,22-26,30H,10,15-19H2,1-3H3/t22-,23+,24?,25-,26+/m0/s1. The average Bonchev–Trinajstić information content (AvgIpc) is 3.37. The number of carbonyl (C=O) groups excluding carboxylic acids is 1. The molecule has 196 valence electrons. The van der Waals surface area contributed by atoms with E-state index in [1.165, 1.54) is 0 Å². The van der Waals surface area contributed by atoms with Gasteiger partial charge in [-0.1, -0.05) is 60.7 Å². The number of aliphatic hydroxyl groups is 1. The smallest absolute Gasteiger partial charge is 0.410 e. The van der Waals surface area contributed by atoms with E-state index in [-0.39, 0.29) is 37.6 Å². The van der Waals surface area contributed by atoms with Gasteiger partial charge in [0.1, 0.15) is 18.8 Å². The van der Waals surface area contributed by atoms with Crippen LogP contribution in [0.3, 0.4) is 0 Å². The van der Waals surface area contributed by atoms with E-state index in [0.717, 1.165) is 11.1 Å². The summed E-state index contributed by atoms with van der Waals surface area (Å²) < 4.78 is 29.7. The molecule has 5 atom stereocenters. The lowest BCUT2D eigenvalue weighted by Crippen LogP contribution is -2.44. The van der Waals surface area contributed by atoms with Crippen LogP contribution in [0.2, 0.25) is 0 Å². The van der Waals surface area contributed by atoms with Gasteiger partial charge in [-0.3, -0.25) is 0 Å². The Morgan fingerprint density at radius 2 is 1.67 bits per heavy atom. The summed E-state index contributed by atoms with van der Waals surface area (Å²) in [6, 6.07) is 19.2. The van der Waals surface area contributed by atoms with Crippen molar-refractivity contribution in [2.24, 2.45) is 0 Å². The predicted molar refractivity (Wildman–Crippen MR) is 133 cm³/mol. The van der Waals surface area contributed by atoms with Crippen LogP contribution >= 0.6 is 0 Å². The minimum atomic E-state index is -0.743. The van der Waals surface area contributed by atoms with Crippen LogP contribution in [0, 0.1) is 0 Å². The van der Waals surface area contributed by atoms with Gasteiger partial charge in [0.25, 0.3) is 0 Å². The molecule has 0 spiro atoms. The Balaban J connectivity index is 1.54. The molecule has 1 unspecified atom stereocenters. The van der Waals surface area contributed by atoms with E-state index in [4.69, 9.17) is 23.7 Å². The molecule has 8 heteroatoms. The van der Waals surface area contributed by atoms with Crippen molar-refractivity contribution >= 4 is 6.09 Å². The Kier molecular flexibility index (Phi) is 8.98. The van der Waals surface area contributed by atoms with E-state index in [1.54, 1.807) is 12.0 Å². The van der Waals surface area contributed by atoms with Crippen LogP contribution in [-0.2, 0) is 36.8 Å². The molecule has 2 saturated heterocycles. The molecular weight excluding hydrogens is 462 g/mol. The number of carbonyl (C=O) groups is 1. The molecule has 0 saturated carbocycles. The molecule has 2 aromatic rings. The fourth-order valence-electron chi connectivity index (χ4n) is 4.94. The zero-order valence-corrected chi connectivity index (χ0v) is 21.2. The maximum absolute atomic E-state index is 13.5. The van der Waals surface area contributed by atoms with Crippen molar-refractivity contribution in [1.29, 1.82) is 0 Å². The van der Waals surface area contributed by atoms with Gasteiger partial charge in [-0.25, -0.2) is 4.79 Å². The second kappa shape index (κ2) is 12.2. The molecule has 0 bridgehead atoms. The van der Waals surface area contributed by atoms with E-state index in [2.05, 4.69) is 0 Å². The number of hydrogen-bond acceptors (Lipinski definition) is 7. The first-order chi connectivity index (χ1) is 17.4. The average molecular weight is 500 g/mol. The topological polar surface area (TPSA) is 86.7 Å². The number of methoxy groups -OCH3 is 1. The molecule has 36 heavy (non-hydrogen) atoms. The molecule has 1 N–H and O–H groups in total. The first-order valence-corrected chi connectivity index (χ1v) is 12.6. The molecule has 0 radical (unpaired) electrons. The summed E-state index contributed by atoms with van der Waals surface area (Å²) in [4.78, 5) is 15.2. The fourth-order valence-corrected chi connectivity index (χ4v) is 4.94. The highest BCUT2D eigenvalue weighted by molar-refractivity contribution is 5.68. The predicted octanol–water partition coefficient (Wildman–Crippen LogP) is 4.25. The largest absolute Gasteiger partial charge is 0.445 e. The van der Waals surface area contributed by atoms with E-state index in [0.29, 0.717) is 25.8 Å². The SMILES string of the molecule is CO[C@@H]1O[C@H](C[C@H](CCCO)N(Cc2ccccc2)C(=O)OCc2ccccc2)C2OC(C)(C)O[C@@H]21. The Hall–Kier alpha value is -2.49. The Morgan fingerprint density at radius 3 is 2.31 bits per heavy atom. The number of amides is 1. The van der Waals surface area contributed by atoms with Crippen molar-refractivity contribution in [2.45, 2.75) is 82.7 Å². The van der Waals surface area contributed by atoms with Crippen LogP contribution in [-0.4, -0.2) is 66.2 Å². The first kappa shape index (κ1) is 26.6. The Labute approximate surface area is 213 Å². The van der Waals surface area contributed by atoms with Crippen LogP contribution in [0.15, 0.2) is 60.7 Å². The molecule has 1 amide bonds. The quantitative estimate of drug-likeness (QED) is 0.495. The van der Waals surface area contributed by atoms with Crippen LogP contribution in [0.5, 0.6) is 0 Å². The van der Waals surface area contributed by atoms with Crippen molar-refractivity contribution in [3.8, 4) is 0 Å². The second-order valence-electron chi connectivity index (χ2n) is 9.75. The van der Waals surface area contributed by atoms with Crippen molar-refractivity contribution in [3.63, 3.8) is 0 Å². The van der Waals surface area contributed by atoms with E-state index in [9.17, 15) is 9.90 Å². The van der Waals surface area contributed by atoms with Crippen LogP contribution in [0.4, 0.5) is 4.79 Å². The lowest BCUT2D eigenvalue weighted by molar-refractivity contribution is -0.228. The molecule has 8 nitrogen and oxygen atoms in total. The molecule has 2 aromatic carbocycles. The fraction of sp³-hybridized carbons (Fsp3) is 0.536. The van der Waals surface area contributed by atoms with Gasteiger partial charge in [0.2, 0.25) is 0 Å². The van der Waals surface area contributed by atoms with Gasteiger partial charge < -0.3 is 33.7 Å². The summed E-state index contributed by atoms with van der Waals surface area (Å²) in [5.74, 6) is -0.743. The van der Waals surface area contributed by atoms with Crippen LogP contribution in [0.25, 0.3) is 0 Å². The number of fused-ring (bicyclic) bond motifs is 1. The van der Waals surface area contributed by atoms with Gasteiger partial charge >= 0.3 is 6.09 Å². The zero-order valence-electron chi connectivity index (χ0n) is 21.2. The molecule has 2 fully saturated rings. The summed E-state index contributed by atoms with van der Waals surface area (Å²) in [7, 11) is 1.59. The van der Waals surface area contributed by atoms with Crippen LogP contribution in [0.1, 0.15) is 44.2 Å². The highest BCUT2D eigenvalue weighted by Crippen LogP contribution is 2.41. The van der Waals surface area contributed by atoms with Crippen molar-refractivity contribution < 1.29 is 33.6 Å². The maximum atomic E-state index is 13.5. The third-order valence-corrected chi connectivity index (χ3v) is 6.62. The van der Waals surface area contributed by atoms with Gasteiger partial charge in [-0.05, 0) is 44.2 Å². The van der Waals surface area contributed by atoms with Gasteiger partial charge in [-0.15, -0.1) is 0 Å². The van der Waals surface area contributed by atoms with Gasteiger partial charge in [0.15, 0.2) is 12.1 Å². The minimum absolute atomic E-state index is 0.0274. The third-order valence-electron chi connectivity index (χ3n) is 6.62. The number of aliphatic hydroxyl groups excluding tert-OH is 1. The number of benzene rings is 2. The monoisotopic (exact) mass is 499 g/mol. The number of ether oxygens (including phenoxy) is 5. The minimum Gasteiger partial charge on any atom is -0.445 e. The van der Waals surface area contributed by atoms with Gasteiger partial charge in [0.05, 0.1) is 6.10 Å². The van der Waals surface area contributed by atoms with E-state index >= 15 is 0 Å². The summed E-state index contributed by atoms with van der Waals surface area (Å²) in [5, 5.41) is 9.61. The van der Waals surface area contributed by atoms with Crippen molar-refractivity contribution in [1.82, 2.24) is 4.90 Å². The Morgan fingerprint density at radius 1 is 1.03 bits per heavy atom. The van der Waals surface area contributed by atoms with Gasteiger partial charge in [0, 0.05) is 26.3 Å². The molecule has 4 rings (SSSR count). The normalized spacial score (nSPS) is 25.3. The lowest BCUT2D eigenvalue weighted by Gasteiger charge is -2.34. The highest BCUT2D eigenvalue weighted by Gasteiger charge is 2.56. The number of rotatable bonds is 11. The van der Waals surface area contributed by atoms with Crippen molar-refractivity contribution in [2.75, 3.05) is 13.7 Å². The first-order valence-electron chi connectivity index (χ1n) is 12.6. The summed E-state index contributed by atoms with van der Waals surface area (Å²) in [6.45, 7) is 4.34. The molecule has 2 aliphatic heterocycles. The second-order valence-corrected chi connectivity index (χ2v) is 9.75. The Bertz CT molecular complexity index is 955. The van der Waals surface area contributed by atoms with E-state index < -0.39 is 18.2 Å². The highest BCUT2D eigenvalue weighted by atomic mass is 16.8. The summed E-state index contributed by atoms with van der Waals surface area (Å²) in [6.07, 6.45) is -0.344. The molecule has 0 aromatic heterocycles. The zero-order chi connectivity index (χ0) is 25.5. The summed E-state index contributed by atoms with van der Waals surface area (Å²) >= 11 is 0. The third kappa shape index (κ3) is 6.63. The lowest BCUT2D eigenvalue weighted by atomic mass is 9.98. The molecule has 2 aliphatic rings. The summed E-state index contributed by atoms with van der Waals surface area (Å²) in [5.41, 5.74) is 1.91. The number of nitrogens with zero attached hydrogens (tertiary/aromatic N) is 1. The number of hydrogen-bond donors (Lipinski definition) is 1.